The van der Waals surface area contributed by atoms with Crippen LogP contribution in [0.2, 0.25) is 0 Å². The fourth-order valence-electron chi connectivity index (χ4n) is 2.99. The molecule has 0 spiro atoms. The highest BCUT2D eigenvalue weighted by atomic mass is 16.5. The summed E-state index contributed by atoms with van der Waals surface area (Å²) in [5, 5.41) is 3.69. The largest absolute Gasteiger partial charge is 0.495 e. The van der Waals surface area contributed by atoms with Gasteiger partial charge in [0.05, 0.1) is 12.8 Å². The van der Waals surface area contributed by atoms with Crippen LogP contribution in [0.15, 0.2) is 18.2 Å². The van der Waals surface area contributed by atoms with E-state index in [1.54, 1.807) is 7.11 Å². The highest BCUT2D eigenvalue weighted by molar-refractivity contribution is 5.58. The Bertz CT molecular complexity index is 419. The number of aryl methyl sites for hydroxylation is 1. The zero-order valence-electron chi connectivity index (χ0n) is 13.1. The second kappa shape index (κ2) is 7.53. The van der Waals surface area contributed by atoms with E-state index in [1.807, 2.05) is 0 Å². The molecule has 0 amide bonds. The Kier molecular flexibility index (Phi) is 5.72. The molecule has 0 aromatic heterocycles. The number of nitrogens with one attached hydrogen (secondary N) is 1. The Balaban J connectivity index is 1.97. The number of hydrogen-bond donors (Lipinski definition) is 1. The van der Waals surface area contributed by atoms with Gasteiger partial charge in [-0.2, -0.15) is 0 Å². The van der Waals surface area contributed by atoms with Crippen LogP contribution in [0.25, 0.3) is 0 Å². The van der Waals surface area contributed by atoms with Crippen molar-refractivity contribution in [2.45, 2.75) is 45.6 Å². The molecule has 0 radical (unpaired) electrons. The van der Waals surface area contributed by atoms with E-state index in [1.165, 1.54) is 50.9 Å². The molecule has 0 saturated carbocycles. The van der Waals surface area contributed by atoms with Crippen molar-refractivity contribution in [2.24, 2.45) is 0 Å². The minimum atomic E-state index is 0.563. The van der Waals surface area contributed by atoms with E-state index >= 15 is 0 Å². The lowest BCUT2D eigenvalue weighted by Gasteiger charge is -2.21. The number of methoxy groups -OCH3 is 1. The maximum atomic E-state index is 5.46. The summed E-state index contributed by atoms with van der Waals surface area (Å²) >= 11 is 0. The van der Waals surface area contributed by atoms with Gasteiger partial charge >= 0.3 is 0 Å². The Morgan fingerprint density at radius 1 is 1.30 bits per heavy atom. The second-order valence-electron chi connectivity index (χ2n) is 5.82. The molecular formula is C17H28N2O. The quantitative estimate of drug-likeness (QED) is 0.888. The highest BCUT2D eigenvalue weighted by Gasteiger charge is 2.17. The maximum Gasteiger partial charge on any atom is 0.141 e. The molecule has 112 valence electrons. The molecule has 3 nitrogen and oxygen atoms in total. The molecule has 1 aliphatic rings. The van der Waals surface area contributed by atoms with Gasteiger partial charge < -0.3 is 15.0 Å². The van der Waals surface area contributed by atoms with Crippen LogP contribution < -0.4 is 10.1 Å². The predicted molar refractivity (Wildman–Crippen MR) is 85.7 cm³/mol. The third-order valence-corrected chi connectivity index (χ3v) is 4.08. The van der Waals surface area contributed by atoms with Crippen molar-refractivity contribution in [3.63, 3.8) is 0 Å². The monoisotopic (exact) mass is 276 g/mol. The standard InChI is InChI=1S/C17H28N2O/c1-4-10-19-11-5-6-15(9-12-19)18-16-13-14(2)7-8-17(16)20-3/h7-8,13,15,18H,4-6,9-12H2,1-3H3. The molecule has 1 saturated heterocycles. The minimum Gasteiger partial charge on any atom is -0.495 e. The van der Waals surface area contributed by atoms with Gasteiger partial charge in [0, 0.05) is 12.6 Å². The van der Waals surface area contributed by atoms with Crippen molar-refractivity contribution in [2.75, 3.05) is 32.1 Å². The van der Waals surface area contributed by atoms with E-state index in [9.17, 15) is 0 Å². The van der Waals surface area contributed by atoms with E-state index in [4.69, 9.17) is 4.74 Å². The smallest absolute Gasteiger partial charge is 0.141 e. The van der Waals surface area contributed by atoms with Gasteiger partial charge in [-0.25, -0.2) is 0 Å². The van der Waals surface area contributed by atoms with Crippen LogP contribution in [0.1, 0.15) is 38.2 Å². The number of benzene rings is 1. The average molecular weight is 276 g/mol. The van der Waals surface area contributed by atoms with Crippen molar-refractivity contribution >= 4 is 5.69 Å². The van der Waals surface area contributed by atoms with Crippen molar-refractivity contribution in [1.82, 2.24) is 4.90 Å². The number of likely N-dealkylation sites (tertiary alicyclic amines) is 1. The molecule has 1 atom stereocenters. The van der Waals surface area contributed by atoms with Gasteiger partial charge in [-0.15, -0.1) is 0 Å². The molecule has 1 N–H and O–H groups in total. The minimum absolute atomic E-state index is 0.563. The lowest BCUT2D eigenvalue weighted by molar-refractivity contribution is 0.285. The van der Waals surface area contributed by atoms with E-state index in [-0.39, 0.29) is 0 Å². The molecule has 1 aromatic carbocycles. The zero-order chi connectivity index (χ0) is 14.4. The van der Waals surface area contributed by atoms with Gasteiger partial charge in [0.25, 0.3) is 0 Å². The number of hydrogen-bond acceptors (Lipinski definition) is 3. The third-order valence-electron chi connectivity index (χ3n) is 4.08. The summed E-state index contributed by atoms with van der Waals surface area (Å²) in [5.41, 5.74) is 2.41. The Labute approximate surface area is 123 Å². The first-order valence-electron chi connectivity index (χ1n) is 7.86. The van der Waals surface area contributed by atoms with Gasteiger partial charge in [0.15, 0.2) is 0 Å². The Morgan fingerprint density at radius 3 is 2.90 bits per heavy atom. The molecular weight excluding hydrogens is 248 g/mol. The fourth-order valence-corrected chi connectivity index (χ4v) is 2.99. The van der Waals surface area contributed by atoms with Crippen LogP contribution in [0.5, 0.6) is 5.75 Å². The summed E-state index contributed by atoms with van der Waals surface area (Å²) in [6, 6.07) is 6.90. The number of rotatable bonds is 5. The summed E-state index contributed by atoms with van der Waals surface area (Å²) in [7, 11) is 1.74. The Hall–Kier alpha value is -1.22. The molecule has 1 heterocycles. The van der Waals surface area contributed by atoms with Crippen LogP contribution in [-0.2, 0) is 0 Å². The summed E-state index contributed by atoms with van der Waals surface area (Å²) in [5.74, 6) is 0.949. The van der Waals surface area contributed by atoms with Gasteiger partial charge in [-0.1, -0.05) is 13.0 Å². The lowest BCUT2D eigenvalue weighted by Crippen LogP contribution is -2.27. The van der Waals surface area contributed by atoms with Gasteiger partial charge in [-0.3, -0.25) is 0 Å². The van der Waals surface area contributed by atoms with Crippen molar-refractivity contribution < 1.29 is 4.74 Å². The third kappa shape index (κ3) is 4.14. The molecule has 1 aliphatic heterocycles. The van der Waals surface area contributed by atoms with Crippen LogP contribution in [-0.4, -0.2) is 37.7 Å². The molecule has 2 rings (SSSR count). The predicted octanol–water partition coefficient (Wildman–Crippen LogP) is 3.68. The van der Waals surface area contributed by atoms with E-state index in [0.717, 1.165) is 11.4 Å². The van der Waals surface area contributed by atoms with Crippen LogP contribution in [0.3, 0.4) is 0 Å². The van der Waals surface area contributed by atoms with Crippen molar-refractivity contribution in [3.8, 4) is 5.75 Å². The topological polar surface area (TPSA) is 24.5 Å². The SMILES string of the molecule is CCCN1CCCC(Nc2cc(C)ccc2OC)CC1. The van der Waals surface area contributed by atoms with Crippen molar-refractivity contribution in [1.29, 1.82) is 0 Å². The average Bonchev–Trinajstić information content (AvgIpc) is 2.65. The lowest BCUT2D eigenvalue weighted by atomic mass is 10.1. The number of nitrogens with zero attached hydrogens (tertiary/aromatic N) is 1. The molecule has 1 unspecified atom stereocenters. The maximum absolute atomic E-state index is 5.46. The van der Waals surface area contributed by atoms with Crippen LogP contribution >= 0.6 is 0 Å². The number of anilines is 1. The van der Waals surface area contributed by atoms with E-state index in [2.05, 4.69) is 42.3 Å². The normalized spacial score (nSPS) is 20.4. The molecule has 3 heteroatoms. The number of ether oxygens (including phenoxy) is 1. The van der Waals surface area contributed by atoms with Crippen LogP contribution in [0, 0.1) is 6.92 Å². The molecule has 1 fully saturated rings. The van der Waals surface area contributed by atoms with E-state index < -0.39 is 0 Å². The highest BCUT2D eigenvalue weighted by Crippen LogP contribution is 2.27. The molecule has 0 bridgehead atoms. The summed E-state index contributed by atoms with van der Waals surface area (Å²) in [6.45, 7) is 8.08. The first kappa shape index (κ1) is 15.2. The first-order chi connectivity index (χ1) is 9.72. The van der Waals surface area contributed by atoms with E-state index in [0.29, 0.717) is 6.04 Å². The van der Waals surface area contributed by atoms with Gasteiger partial charge in [-0.05, 0) is 63.4 Å². The van der Waals surface area contributed by atoms with Gasteiger partial charge in [0.1, 0.15) is 5.75 Å². The zero-order valence-corrected chi connectivity index (χ0v) is 13.1. The second-order valence-corrected chi connectivity index (χ2v) is 5.82. The molecule has 0 aliphatic carbocycles. The van der Waals surface area contributed by atoms with Crippen molar-refractivity contribution in [3.05, 3.63) is 23.8 Å². The summed E-state index contributed by atoms with van der Waals surface area (Å²) < 4.78 is 5.46. The first-order valence-corrected chi connectivity index (χ1v) is 7.86. The summed E-state index contributed by atoms with van der Waals surface area (Å²) in [4.78, 5) is 2.59. The fraction of sp³-hybridized carbons (Fsp3) is 0.647. The van der Waals surface area contributed by atoms with Crippen LogP contribution in [0.4, 0.5) is 5.69 Å². The molecule has 1 aromatic rings. The van der Waals surface area contributed by atoms with Gasteiger partial charge in [0.2, 0.25) is 0 Å². The molecule has 20 heavy (non-hydrogen) atoms. The Morgan fingerprint density at radius 2 is 2.15 bits per heavy atom. The summed E-state index contributed by atoms with van der Waals surface area (Å²) in [6.07, 6.45) is 5.00.